The normalized spacial score (nSPS) is 10.6. The molecule has 2 aromatic rings. The lowest BCUT2D eigenvalue weighted by Gasteiger charge is -1.95. The zero-order chi connectivity index (χ0) is 9.64. The maximum Gasteiger partial charge on any atom is 0.231 e. The van der Waals surface area contributed by atoms with Crippen LogP contribution in [0.5, 0.6) is 0 Å². The van der Waals surface area contributed by atoms with Crippen molar-refractivity contribution in [3.63, 3.8) is 0 Å². The number of thiazole rings is 1. The Morgan fingerprint density at radius 1 is 1.21 bits per heavy atom. The molecule has 0 saturated carbocycles. The summed E-state index contributed by atoms with van der Waals surface area (Å²) in [7, 11) is 0. The van der Waals surface area contributed by atoms with E-state index in [0.717, 1.165) is 5.69 Å². The molecule has 0 atom stereocenters. The second-order valence-electron chi connectivity index (χ2n) is 2.49. The Bertz CT molecular complexity index is 396. The summed E-state index contributed by atoms with van der Waals surface area (Å²) in [5.41, 5.74) is 3.72. The van der Waals surface area contributed by atoms with E-state index < -0.39 is 0 Å². The molecule has 70 valence electrons. The van der Waals surface area contributed by atoms with Crippen LogP contribution in [0.4, 0.5) is 10.8 Å². The highest BCUT2D eigenvalue weighted by Crippen LogP contribution is 2.15. The molecule has 5 heteroatoms. The predicted octanol–water partition coefficient (Wildman–Crippen LogP) is 3.25. The third-order valence-corrected chi connectivity index (χ3v) is 2.16. The van der Waals surface area contributed by atoms with Gasteiger partial charge in [-0.3, -0.25) is 5.43 Å². The lowest BCUT2D eigenvalue weighted by atomic mass is 10.3. The number of benzene rings is 1. The molecule has 1 aromatic heterocycles. The summed E-state index contributed by atoms with van der Waals surface area (Å²) >= 11 is 1.45. The van der Waals surface area contributed by atoms with Gasteiger partial charge in [-0.1, -0.05) is 23.4 Å². The number of anilines is 1. The number of rotatable bonds is 3. The maximum absolute atomic E-state index is 3.97. The van der Waals surface area contributed by atoms with Gasteiger partial charge in [0.1, 0.15) is 0 Å². The van der Waals surface area contributed by atoms with Gasteiger partial charge < -0.3 is 0 Å². The van der Waals surface area contributed by atoms with Crippen molar-refractivity contribution in [3.8, 4) is 0 Å². The van der Waals surface area contributed by atoms with Gasteiger partial charge in [-0.05, 0) is 12.1 Å². The topological polar surface area (TPSA) is 49.6 Å². The molecule has 1 heterocycles. The highest BCUT2D eigenvalue weighted by Gasteiger charge is 1.89. The molecule has 0 spiro atoms. The summed E-state index contributed by atoms with van der Waals surface area (Å²) in [6, 6.07) is 9.65. The van der Waals surface area contributed by atoms with E-state index in [-0.39, 0.29) is 0 Å². The number of hydrogen-bond donors (Lipinski definition) is 1. The van der Waals surface area contributed by atoms with Crippen LogP contribution in [0, 0.1) is 0 Å². The van der Waals surface area contributed by atoms with Crippen molar-refractivity contribution in [1.82, 2.24) is 4.98 Å². The summed E-state index contributed by atoms with van der Waals surface area (Å²) in [5.74, 6) is 0. The number of hydrogen-bond acceptors (Lipinski definition) is 4. The maximum atomic E-state index is 3.97. The summed E-state index contributed by atoms with van der Waals surface area (Å²) in [6.07, 6.45) is 1.70. The largest absolute Gasteiger partial charge is 0.260 e. The molecule has 0 bridgehead atoms. The molecule has 0 saturated heterocycles. The van der Waals surface area contributed by atoms with Gasteiger partial charge in [-0.25, -0.2) is 4.98 Å². The minimum atomic E-state index is 0.647. The van der Waals surface area contributed by atoms with Crippen LogP contribution < -0.4 is 5.43 Å². The fraction of sp³-hybridized carbons (Fsp3) is 0. The SMILES string of the molecule is c1ccc(NN=Nc2nccs2)cc1. The van der Waals surface area contributed by atoms with Crippen LogP contribution in [0.25, 0.3) is 0 Å². The van der Waals surface area contributed by atoms with E-state index >= 15 is 0 Å². The molecule has 14 heavy (non-hydrogen) atoms. The smallest absolute Gasteiger partial charge is 0.231 e. The minimum Gasteiger partial charge on any atom is -0.260 e. The minimum absolute atomic E-state index is 0.647. The Hall–Kier alpha value is -1.75. The third-order valence-electron chi connectivity index (χ3n) is 1.51. The zero-order valence-electron chi connectivity index (χ0n) is 7.29. The molecule has 0 aliphatic carbocycles. The van der Waals surface area contributed by atoms with Crippen LogP contribution in [0.1, 0.15) is 0 Å². The Balaban J connectivity index is 1.95. The summed E-state index contributed by atoms with van der Waals surface area (Å²) in [4.78, 5) is 3.97. The van der Waals surface area contributed by atoms with Crippen LogP contribution in [-0.2, 0) is 0 Å². The van der Waals surface area contributed by atoms with Crippen molar-refractivity contribution < 1.29 is 0 Å². The van der Waals surface area contributed by atoms with Gasteiger partial charge in [-0.15, -0.1) is 16.5 Å². The van der Waals surface area contributed by atoms with Gasteiger partial charge in [0, 0.05) is 11.6 Å². The molecule has 1 aromatic carbocycles. The quantitative estimate of drug-likeness (QED) is 0.616. The Morgan fingerprint density at radius 2 is 2.07 bits per heavy atom. The van der Waals surface area contributed by atoms with E-state index in [4.69, 9.17) is 0 Å². The first-order chi connectivity index (χ1) is 6.95. The van der Waals surface area contributed by atoms with E-state index in [1.165, 1.54) is 11.3 Å². The van der Waals surface area contributed by atoms with Crippen LogP contribution in [0.3, 0.4) is 0 Å². The standard InChI is InChI=1S/C9H8N4S/c1-2-4-8(5-3-1)11-13-12-9-10-6-7-14-9/h1-7H,(H,10,11,12). The average molecular weight is 204 g/mol. The highest BCUT2D eigenvalue weighted by molar-refractivity contribution is 7.13. The average Bonchev–Trinajstić information content (AvgIpc) is 2.72. The molecule has 2 rings (SSSR count). The number of aromatic nitrogens is 1. The molecule has 0 fully saturated rings. The molecule has 0 aliphatic heterocycles. The van der Waals surface area contributed by atoms with Gasteiger partial charge in [-0.2, -0.15) is 0 Å². The molecular formula is C9H8N4S. The first-order valence-corrected chi connectivity index (χ1v) is 4.94. The molecule has 0 unspecified atom stereocenters. The van der Waals surface area contributed by atoms with Crippen LogP contribution >= 0.6 is 11.3 Å². The van der Waals surface area contributed by atoms with E-state index in [1.54, 1.807) is 6.20 Å². The van der Waals surface area contributed by atoms with E-state index in [0.29, 0.717) is 5.13 Å². The van der Waals surface area contributed by atoms with Crippen LogP contribution in [0.15, 0.2) is 52.2 Å². The Morgan fingerprint density at radius 3 is 2.79 bits per heavy atom. The van der Waals surface area contributed by atoms with Crippen molar-refractivity contribution in [2.75, 3.05) is 5.43 Å². The molecular weight excluding hydrogens is 196 g/mol. The number of nitrogens with zero attached hydrogens (tertiary/aromatic N) is 3. The first-order valence-electron chi connectivity index (χ1n) is 4.06. The van der Waals surface area contributed by atoms with E-state index in [1.807, 2.05) is 35.7 Å². The van der Waals surface area contributed by atoms with Crippen molar-refractivity contribution >= 4 is 22.2 Å². The lowest BCUT2D eigenvalue weighted by Crippen LogP contribution is -1.84. The van der Waals surface area contributed by atoms with Crippen molar-refractivity contribution in [2.24, 2.45) is 10.3 Å². The molecule has 4 nitrogen and oxygen atoms in total. The third kappa shape index (κ3) is 2.37. The van der Waals surface area contributed by atoms with E-state index in [2.05, 4.69) is 20.7 Å². The fourth-order valence-corrected chi connectivity index (χ4v) is 1.36. The van der Waals surface area contributed by atoms with Gasteiger partial charge in [0.25, 0.3) is 0 Å². The molecule has 0 aliphatic rings. The van der Waals surface area contributed by atoms with Gasteiger partial charge in [0.2, 0.25) is 5.13 Å². The summed E-state index contributed by atoms with van der Waals surface area (Å²) in [5, 5.41) is 10.2. The van der Waals surface area contributed by atoms with Gasteiger partial charge >= 0.3 is 0 Å². The lowest BCUT2D eigenvalue weighted by molar-refractivity contribution is 1.11. The van der Waals surface area contributed by atoms with Gasteiger partial charge in [0.15, 0.2) is 0 Å². The highest BCUT2D eigenvalue weighted by atomic mass is 32.1. The molecule has 0 radical (unpaired) electrons. The van der Waals surface area contributed by atoms with Crippen LogP contribution in [0.2, 0.25) is 0 Å². The second-order valence-corrected chi connectivity index (χ2v) is 3.37. The summed E-state index contributed by atoms with van der Waals surface area (Å²) in [6.45, 7) is 0. The van der Waals surface area contributed by atoms with Crippen molar-refractivity contribution in [1.29, 1.82) is 0 Å². The monoisotopic (exact) mass is 204 g/mol. The Labute approximate surface area is 85.3 Å². The summed E-state index contributed by atoms with van der Waals surface area (Å²) < 4.78 is 0. The Kier molecular flexibility index (Phi) is 2.82. The number of nitrogens with one attached hydrogen (secondary N) is 1. The number of para-hydroxylation sites is 1. The fourth-order valence-electron chi connectivity index (χ4n) is 0.903. The van der Waals surface area contributed by atoms with Crippen molar-refractivity contribution in [3.05, 3.63) is 41.9 Å². The predicted molar refractivity (Wildman–Crippen MR) is 56.7 cm³/mol. The second kappa shape index (κ2) is 4.48. The first kappa shape index (κ1) is 8.83. The van der Waals surface area contributed by atoms with Crippen LogP contribution in [-0.4, -0.2) is 4.98 Å². The van der Waals surface area contributed by atoms with E-state index in [9.17, 15) is 0 Å². The van der Waals surface area contributed by atoms with Crippen molar-refractivity contribution in [2.45, 2.75) is 0 Å². The molecule has 0 amide bonds. The van der Waals surface area contributed by atoms with Gasteiger partial charge in [0.05, 0.1) is 5.69 Å². The zero-order valence-corrected chi connectivity index (χ0v) is 8.11. The molecule has 1 N–H and O–H groups in total.